The Labute approximate surface area is 423 Å². The van der Waals surface area contributed by atoms with Crippen LogP contribution in [0.2, 0.25) is 0 Å². The Morgan fingerprint density at radius 1 is 0.294 bits per heavy atom. The molecule has 0 bridgehead atoms. The fraction of sp³-hybridized carbons (Fsp3) is 0.855. The average Bonchev–Trinajstić information content (AvgIpc) is 3.34. The van der Waals surface area contributed by atoms with Gasteiger partial charge in [0.05, 0.1) is 0 Å². The van der Waals surface area contributed by atoms with Crippen molar-refractivity contribution in [3.05, 3.63) is 36.5 Å². The van der Waals surface area contributed by atoms with Crippen molar-refractivity contribution in [1.82, 2.24) is 0 Å². The lowest BCUT2D eigenvalue weighted by Crippen LogP contribution is -2.30. The molecule has 0 aliphatic heterocycles. The van der Waals surface area contributed by atoms with Crippen LogP contribution in [0.25, 0.3) is 0 Å². The number of ether oxygens (including phenoxy) is 3. The standard InChI is InChI=1S/C62H114O6/c1-4-7-10-13-16-19-22-25-28-30-32-34-37-40-43-46-49-52-55-61(64)67-58-59(57-66-60(63)54-51-48-45-42-39-36-33-27-24-21-18-15-12-9-6-3)68-62(65)56-53-50-47-44-41-38-35-31-29-26-23-20-17-14-11-8-5-2/h18,21,26-27,29,33,59H,4-17,19-20,22-25,28,30-32,34-58H2,1-3H3/b21-18-,29-26-,33-27-/t59-/m1/s1. The van der Waals surface area contributed by atoms with E-state index in [-0.39, 0.29) is 31.1 Å². The van der Waals surface area contributed by atoms with Gasteiger partial charge in [0.1, 0.15) is 13.2 Å². The van der Waals surface area contributed by atoms with E-state index in [0.29, 0.717) is 19.3 Å². The lowest BCUT2D eigenvalue weighted by Gasteiger charge is -2.18. The van der Waals surface area contributed by atoms with Gasteiger partial charge < -0.3 is 14.2 Å². The number of carbonyl (C=O) groups is 3. The molecule has 0 unspecified atom stereocenters. The van der Waals surface area contributed by atoms with Crippen molar-refractivity contribution in [3.8, 4) is 0 Å². The van der Waals surface area contributed by atoms with Crippen molar-refractivity contribution in [3.63, 3.8) is 0 Å². The highest BCUT2D eigenvalue weighted by Crippen LogP contribution is 2.17. The summed E-state index contributed by atoms with van der Waals surface area (Å²) >= 11 is 0. The first-order valence-corrected chi connectivity index (χ1v) is 30.0. The van der Waals surface area contributed by atoms with Crippen LogP contribution in [0, 0.1) is 0 Å². The summed E-state index contributed by atoms with van der Waals surface area (Å²) in [6.07, 6.45) is 68.5. The zero-order valence-corrected chi connectivity index (χ0v) is 45.6. The maximum atomic E-state index is 12.9. The SMILES string of the molecule is CCCCC/C=C\C/C=C\CCCCCCCC(=O)OC[C@H](COC(=O)CCCCCCCCCCCCCCCCCCCC)OC(=O)CCCCCCCCC/C=C\CCCCCCCC. The molecule has 6 heteroatoms. The maximum Gasteiger partial charge on any atom is 0.306 e. The Hall–Kier alpha value is -2.37. The van der Waals surface area contributed by atoms with Crippen LogP contribution in [0.3, 0.4) is 0 Å². The first-order valence-electron chi connectivity index (χ1n) is 30.0. The maximum absolute atomic E-state index is 12.9. The van der Waals surface area contributed by atoms with Gasteiger partial charge in [-0.2, -0.15) is 0 Å². The molecular weight excluding hydrogens is 841 g/mol. The topological polar surface area (TPSA) is 78.9 Å². The largest absolute Gasteiger partial charge is 0.462 e. The molecular formula is C62H114O6. The summed E-state index contributed by atoms with van der Waals surface area (Å²) in [4.78, 5) is 38.2. The van der Waals surface area contributed by atoms with E-state index in [0.717, 1.165) is 77.0 Å². The van der Waals surface area contributed by atoms with Crippen molar-refractivity contribution < 1.29 is 28.6 Å². The highest BCUT2D eigenvalue weighted by atomic mass is 16.6. The van der Waals surface area contributed by atoms with E-state index in [1.165, 1.54) is 205 Å². The van der Waals surface area contributed by atoms with Crippen LogP contribution in [0.15, 0.2) is 36.5 Å². The Balaban J connectivity index is 4.35. The summed E-state index contributed by atoms with van der Waals surface area (Å²) in [5.74, 6) is -0.874. The van der Waals surface area contributed by atoms with Gasteiger partial charge in [0.2, 0.25) is 0 Å². The van der Waals surface area contributed by atoms with Crippen LogP contribution >= 0.6 is 0 Å². The summed E-state index contributed by atoms with van der Waals surface area (Å²) in [6, 6.07) is 0. The predicted octanol–water partition coefficient (Wildman–Crippen LogP) is 20.0. The van der Waals surface area contributed by atoms with Crippen molar-refractivity contribution >= 4 is 17.9 Å². The number of rotatable bonds is 55. The minimum absolute atomic E-state index is 0.0746. The molecule has 1 atom stereocenters. The van der Waals surface area contributed by atoms with Crippen LogP contribution in [-0.2, 0) is 28.6 Å². The van der Waals surface area contributed by atoms with E-state index in [4.69, 9.17) is 14.2 Å². The van der Waals surface area contributed by atoms with Crippen molar-refractivity contribution in [2.45, 2.75) is 329 Å². The predicted molar refractivity (Wildman–Crippen MR) is 293 cm³/mol. The number of carbonyl (C=O) groups excluding carboxylic acids is 3. The highest BCUT2D eigenvalue weighted by Gasteiger charge is 2.19. The smallest absolute Gasteiger partial charge is 0.306 e. The molecule has 0 saturated carbocycles. The number of hydrogen-bond donors (Lipinski definition) is 0. The number of unbranched alkanes of at least 4 members (excludes halogenated alkanes) is 38. The summed E-state index contributed by atoms with van der Waals surface area (Å²) in [5.41, 5.74) is 0. The first kappa shape index (κ1) is 65.6. The third kappa shape index (κ3) is 54.6. The normalized spacial score (nSPS) is 12.2. The van der Waals surface area contributed by atoms with Gasteiger partial charge >= 0.3 is 17.9 Å². The van der Waals surface area contributed by atoms with Crippen LogP contribution in [-0.4, -0.2) is 37.2 Å². The Morgan fingerprint density at radius 2 is 0.529 bits per heavy atom. The second-order valence-corrected chi connectivity index (χ2v) is 20.3. The van der Waals surface area contributed by atoms with Gasteiger partial charge in [0.15, 0.2) is 6.10 Å². The highest BCUT2D eigenvalue weighted by molar-refractivity contribution is 5.71. The Kier molecular flexibility index (Phi) is 55.2. The molecule has 68 heavy (non-hydrogen) atoms. The quantitative estimate of drug-likeness (QED) is 0.0262. The Bertz CT molecular complexity index is 1140. The van der Waals surface area contributed by atoms with Gasteiger partial charge in [0, 0.05) is 19.3 Å². The molecule has 0 amide bonds. The van der Waals surface area contributed by atoms with E-state index in [1.807, 2.05) is 0 Å². The zero-order chi connectivity index (χ0) is 49.3. The molecule has 0 aliphatic rings. The van der Waals surface area contributed by atoms with Crippen molar-refractivity contribution in [2.75, 3.05) is 13.2 Å². The molecule has 0 aromatic carbocycles. The number of allylic oxidation sites excluding steroid dienone is 6. The summed E-state index contributed by atoms with van der Waals surface area (Å²) in [5, 5.41) is 0. The van der Waals surface area contributed by atoms with Crippen LogP contribution < -0.4 is 0 Å². The molecule has 0 aliphatic carbocycles. The Morgan fingerprint density at radius 3 is 0.853 bits per heavy atom. The van der Waals surface area contributed by atoms with Crippen molar-refractivity contribution in [1.29, 1.82) is 0 Å². The van der Waals surface area contributed by atoms with E-state index in [1.54, 1.807) is 0 Å². The molecule has 0 radical (unpaired) electrons. The molecule has 0 N–H and O–H groups in total. The number of hydrogen-bond acceptors (Lipinski definition) is 6. The summed E-state index contributed by atoms with van der Waals surface area (Å²) in [6.45, 7) is 6.64. The molecule has 398 valence electrons. The van der Waals surface area contributed by atoms with Gasteiger partial charge in [-0.05, 0) is 77.0 Å². The summed E-state index contributed by atoms with van der Waals surface area (Å²) < 4.78 is 16.9. The van der Waals surface area contributed by atoms with Crippen LogP contribution in [0.5, 0.6) is 0 Å². The molecule has 0 aromatic heterocycles. The van der Waals surface area contributed by atoms with E-state index in [9.17, 15) is 14.4 Å². The van der Waals surface area contributed by atoms with Gasteiger partial charge in [-0.3, -0.25) is 14.4 Å². The van der Waals surface area contributed by atoms with Gasteiger partial charge in [-0.25, -0.2) is 0 Å². The molecule has 6 nitrogen and oxygen atoms in total. The molecule has 0 rings (SSSR count). The van der Waals surface area contributed by atoms with Crippen molar-refractivity contribution in [2.24, 2.45) is 0 Å². The minimum atomic E-state index is -0.778. The summed E-state index contributed by atoms with van der Waals surface area (Å²) in [7, 11) is 0. The monoisotopic (exact) mass is 955 g/mol. The van der Waals surface area contributed by atoms with Gasteiger partial charge in [-0.1, -0.05) is 263 Å². The third-order valence-electron chi connectivity index (χ3n) is 13.4. The first-order chi connectivity index (χ1) is 33.5. The molecule has 0 heterocycles. The second kappa shape index (κ2) is 57.2. The fourth-order valence-electron chi connectivity index (χ4n) is 8.82. The molecule has 0 fully saturated rings. The van der Waals surface area contributed by atoms with Crippen LogP contribution in [0.1, 0.15) is 323 Å². The average molecular weight is 956 g/mol. The third-order valence-corrected chi connectivity index (χ3v) is 13.4. The molecule has 0 saturated heterocycles. The minimum Gasteiger partial charge on any atom is -0.462 e. The second-order valence-electron chi connectivity index (χ2n) is 20.3. The van der Waals surface area contributed by atoms with E-state index < -0.39 is 6.10 Å². The molecule has 0 spiro atoms. The fourth-order valence-corrected chi connectivity index (χ4v) is 8.82. The number of esters is 3. The lowest BCUT2D eigenvalue weighted by molar-refractivity contribution is -0.167. The van der Waals surface area contributed by atoms with E-state index in [2.05, 4.69) is 57.2 Å². The van der Waals surface area contributed by atoms with Gasteiger partial charge in [0.25, 0.3) is 0 Å². The zero-order valence-electron chi connectivity index (χ0n) is 45.6. The van der Waals surface area contributed by atoms with Crippen LogP contribution in [0.4, 0.5) is 0 Å². The van der Waals surface area contributed by atoms with Gasteiger partial charge in [-0.15, -0.1) is 0 Å². The molecule has 0 aromatic rings. The lowest BCUT2D eigenvalue weighted by atomic mass is 10.0. The van der Waals surface area contributed by atoms with E-state index >= 15 is 0 Å².